The maximum Gasteiger partial charge on any atom is 0.130 e. The highest BCUT2D eigenvalue weighted by atomic mass is 16.5. The van der Waals surface area contributed by atoms with Gasteiger partial charge in [-0.25, -0.2) is 0 Å². The molecule has 0 amide bonds. The highest BCUT2D eigenvalue weighted by Gasteiger charge is 2.08. The molecule has 14 heavy (non-hydrogen) atoms. The predicted molar refractivity (Wildman–Crippen MR) is 56.9 cm³/mol. The fourth-order valence-corrected chi connectivity index (χ4v) is 1.62. The summed E-state index contributed by atoms with van der Waals surface area (Å²) in [5.74, 6) is 1.03. The van der Waals surface area contributed by atoms with Crippen LogP contribution in [0.3, 0.4) is 0 Å². The largest absolute Gasteiger partial charge is 0.507 e. The lowest BCUT2D eigenvalue weighted by molar-refractivity contribution is 0.405. The Hall–Kier alpha value is -1.70. The second-order valence-corrected chi connectivity index (χ2v) is 3.27. The number of rotatable bonds is 1. The summed E-state index contributed by atoms with van der Waals surface area (Å²) in [5.41, 5.74) is 0.784. The molecule has 0 aliphatic heterocycles. The van der Waals surface area contributed by atoms with Crippen molar-refractivity contribution in [2.75, 3.05) is 7.11 Å². The summed E-state index contributed by atoms with van der Waals surface area (Å²) in [6, 6.07) is 9.64. The Kier molecular flexibility index (Phi) is 2.04. The van der Waals surface area contributed by atoms with E-state index in [-0.39, 0.29) is 0 Å². The third-order valence-electron chi connectivity index (χ3n) is 2.45. The number of aromatic hydroxyl groups is 1. The van der Waals surface area contributed by atoms with Crippen LogP contribution < -0.4 is 4.74 Å². The maximum atomic E-state index is 9.89. The third kappa shape index (κ3) is 1.20. The number of ether oxygens (including phenoxy) is 1. The maximum absolute atomic E-state index is 9.89. The molecule has 0 saturated carbocycles. The van der Waals surface area contributed by atoms with Gasteiger partial charge in [-0.05, 0) is 18.4 Å². The summed E-state index contributed by atoms with van der Waals surface area (Å²) in [7, 11) is 1.61. The van der Waals surface area contributed by atoms with Crippen LogP contribution in [0.1, 0.15) is 5.56 Å². The van der Waals surface area contributed by atoms with E-state index in [0.717, 1.165) is 22.1 Å². The second kappa shape index (κ2) is 3.22. The van der Waals surface area contributed by atoms with E-state index in [1.54, 1.807) is 7.11 Å². The molecule has 0 radical (unpaired) electrons. The molecule has 0 atom stereocenters. The van der Waals surface area contributed by atoms with Crippen LogP contribution in [-0.4, -0.2) is 12.2 Å². The lowest BCUT2D eigenvalue weighted by atomic mass is 10.1. The smallest absolute Gasteiger partial charge is 0.130 e. The van der Waals surface area contributed by atoms with Gasteiger partial charge in [0.05, 0.1) is 7.11 Å². The van der Waals surface area contributed by atoms with E-state index in [0.29, 0.717) is 5.75 Å². The Morgan fingerprint density at radius 1 is 1.21 bits per heavy atom. The first-order valence-corrected chi connectivity index (χ1v) is 4.49. The van der Waals surface area contributed by atoms with E-state index in [2.05, 4.69) is 0 Å². The van der Waals surface area contributed by atoms with Crippen molar-refractivity contribution in [3.8, 4) is 11.5 Å². The van der Waals surface area contributed by atoms with Crippen molar-refractivity contribution in [1.82, 2.24) is 0 Å². The zero-order chi connectivity index (χ0) is 10.1. The topological polar surface area (TPSA) is 29.5 Å². The van der Waals surface area contributed by atoms with Gasteiger partial charge in [-0.1, -0.05) is 24.3 Å². The molecular formula is C12H12O2. The molecule has 0 aliphatic carbocycles. The second-order valence-electron chi connectivity index (χ2n) is 3.27. The molecule has 2 aromatic carbocycles. The SMILES string of the molecule is COc1cc2ccccc2c(O)c1C. The molecule has 0 aromatic heterocycles. The average molecular weight is 188 g/mol. The molecule has 72 valence electrons. The van der Waals surface area contributed by atoms with Crippen molar-refractivity contribution >= 4 is 10.8 Å². The van der Waals surface area contributed by atoms with Crippen LogP contribution in [0.25, 0.3) is 10.8 Å². The van der Waals surface area contributed by atoms with Crippen molar-refractivity contribution < 1.29 is 9.84 Å². The highest BCUT2D eigenvalue weighted by molar-refractivity contribution is 5.91. The molecule has 0 saturated heterocycles. The first kappa shape index (κ1) is 8.88. The average Bonchev–Trinajstić information content (AvgIpc) is 2.23. The number of fused-ring (bicyclic) bond motifs is 1. The summed E-state index contributed by atoms with van der Waals surface area (Å²) in [4.78, 5) is 0. The molecule has 0 aliphatic rings. The molecule has 2 heteroatoms. The Morgan fingerprint density at radius 3 is 2.64 bits per heavy atom. The molecule has 2 rings (SSSR count). The quantitative estimate of drug-likeness (QED) is 0.745. The number of hydrogen-bond donors (Lipinski definition) is 1. The van der Waals surface area contributed by atoms with Crippen LogP contribution in [0.2, 0.25) is 0 Å². The number of methoxy groups -OCH3 is 1. The van der Waals surface area contributed by atoms with E-state index >= 15 is 0 Å². The molecule has 0 unspecified atom stereocenters. The fourth-order valence-electron chi connectivity index (χ4n) is 1.62. The molecule has 2 aromatic rings. The summed E-state index contributed by atoms with van der Waals surface area (Å²) in [6.45, 7) is 1.85. The molecule has 2 nitrogen and oxygen atoms in total. The summed E-state index contributed by atoms with van der Waals surface area (Å²) < 4.78 is 5.17. The predicted octanol–water partition coefficient (Wildman–Crippen LogP) is 2.86. The van der Waals surface area contributed by atoms with Crippen molar-refractivity contribution in [3.63, 3.8) is 0 Å². The number of phenolic OH excluding ortho intramolecular Hbond substituents is 1. The van der Waals surface area contributed by atoms with E-state index in [1.807, 2.05) is 37.3 Å². The van der Waals surface area contributed by atoms with Gasteiger partial charge in [-0.2, -0.15) is 0 Å². The standard InChI is InChI=1S/C12H12O2/c1-8-11(14-2)7-9-5-3-4-6-10(9)12(8)13/h3-7,13H,1-2H3. The van der Waals surface area contributed by atoms with Gasteiger partial charge in [0, 0.05) is 10.9 Å². The van der Waals surface area contributed by atoms with Crippen molar-refractivity contribution in [3.05, 3.63) is 35.9 Å². The zero-order valence-corrected chi connectivity index (χ0v) is 8.24. The molecule has 0 spiro atoms. The van der Waals surface area contributed by atoms with Crippen LogP contribution in [0.4, 0.5) is 0 Å². The number of hydrogen-bond acceptors (Lipinski definition) is 2. The monoisotopic (exact) mass is 188 g/mol. The van der Waals surface area contributed by atoms with Gasteiger partial charge in [0.1, 0.15) is 11.5 Å². The van der Waals surface area contributed by atoms with Gasteiger partial charge in [0.25, 0.3) is 0 Å². The van der Waals surface area contributed by atoms with Crippen LogP contribution in [0.5, 0.6) is 11.5 Å². The van der Waals surface area contributed by atoms with Gasteiger partial charge in [0.15, 0.2) is 0 Å². The van der Waals surface area contributed by atoms with Crippen molar-refractivity contribution in [2.24, 2.45) is 0 Å². The first-order chi connectivity index (χ1) is 6.74. The summed E-state index contributed by atoms with van der Waals surface area (Å²) in [6.07, 6.45) is 0. The third-order valence-corrected chi connectivity index (χ3v) is 2.45. The Morgan fingerprint density at radius 2 is 1.93 bits per heavy atom. The molecule has 1 N–H and O–H groups in total. The van der Waals surface area contributed by atoms with Crippen LogP contribution >= 0.6 is 0 Å². The first-order valence-electron chi connectivity index (χ1n) is 4.49. The van der Waals surface area contributed by atoms with Crippen molar-refractivity contribution in [2.45, 2.75) is 6.92 Å². The Bertz CT molecular complexity index is 475. The normalized spacial score (nSPS) is 10.4. The lowest BCUT2D eigenvalue weighted by Crippen LogP contribution is -1.88. The highest BCUT2D eigenvalue weighted by Crippen LogP contribution is 2.34. The van der Waals surface area contributed by atoms with E-state index < -0.39 is 0 Å². The van der Waals surface area contributed by atoms with Crippen LogP contribution in [0, 0.1) is 6.92 Å². The van der Waals surface area contributed by atoms with E-state index in [1.165, 1.54) is 0 Å². The minimum absolute atomic E-state index is 0.306. The minimum atomic E-state index is 0.306. The van der Waals surface area contributed by atoms with Gasteiger partial charge in [-0.3, -0.25) is 0 Å². The van der Waals surface area contributed by atoms with Crippen LogP contribution in [-0.2, 0) is 0 Å². The lowest BCUT2D eigenvalue weighted by Gasteiger charge is -2.09. The van der Waals surface area contributed by atoms with Gasteiger partial charge in [-0.15, -0.1) is 0 Å². The van der Waals surface area contributed by atoms with Gasteiger partial charge >= 0.3 is 0 Å². The minimum Gasteiger partial charge on any atom is -0.507 e. The molecular weight excluding hydrogens is 176 g/mol. The van der Waals surface area contributed by atoms with Gasteiger partial charge in [0.2, 0.25) is 0 Å². The van der Waals surface area contributed by atoms with Crippen molar-refractivity contribution in [1.29, 1.82) is 0 Å². The molecule has 0 heterocycles. The van der Waals surface area contributed by atoms with E-state index in [4.69, 9.17) is 4.74 Å². The Labute approximate surface area is 82.8 Å². The fraction of sp³-hybridized carbons (Fsp3) is 0.167. The number of phenols is 1. The zero-order valence-electron chi connectivity index (χ0n) is 8.24. The molecule has 0 bridgehead atoms. The number of benzene rings is 2. The molecule has 0 fully saturated rings. The summed E-state index contributed by atoms with van der Waals surface area (Å²) >= 11 is 0. The Balaban J connectivity index is 2.85. The van der Waals surface area contributed by atoms with Gasteiger partial charge < -0.3 is 9.84 Å². The van der Waals surface area contributed by atoms with Crippen LogP contribution in [0.15, 0.2) is 30.3 Å². The summed E-state index contributed by atoms with van der Waals surface area (Å²) in [5, 5.41) is 11.7. The van der Waals surface area contributed by atoms with E-state index in [9.17, 15) is 5.11 Å².